The second-order valence-corrected chi connectivity index (χ2v) is 8.85. The molecule has 0 bridgehead atoms. The smallest absolute Gasteiger partial charge is 0.261 e. The number of carbonyl (C=O) groups is 1. The zero-order valence-electron chi connectivity index (χ0n) is 15.9. The number of methoxy groups -OCH3 is 1. The van der Waals surface area contributed by atoms with Gasteiger partial charge in [-0.25, -0.2) is 8.42 Å². The number of hydrogen-bond acceptors (Lipinski definition) is 5. The topological polar surface area (TPSA) is 97.6 Å². The van der Waals surface area contributed by atoms with Gasteiger partial charge in [0.2, 0.25) is 0 Å². The predicted molar refractivity (Wildman–Crippen MR) is 114 cm³/mol. The Morgan fingerprint density at radius 3 is 2.34 bits per heavy atom. The molecule has 1 aromatic heterocycles. The minimum Gasteiger partial charge on any atom is -0.495 e. The summed E-state index contributed by atoms with van der Waals surface area (Å²) in [5.41, 5.74) is 1.01. The van der Waals surface area contributed by atoms with Gasteiger partial charge in [-0.3, -0.25) is 9.52 Å². The Hall–Kier alpha value is -2.78. The number of nitrogens with one attached hydrogen (secondary N) is 2. The second-order valence-electron chi connectivity index (χ2n) is 6.26. The molecular weight excluding hydrogens is 460 g/mol. The van der Waals surface area contributed by atoms with E-state index in [-0.39, 0.29) is 10.6 Å². The number of ether oxygens (including phenoxy) is 1. The van der Waals surface area contributed by atoms with Crippen LogP contribution < -0.4 is 14.8 Å². The average molecular weight is 479 g/mol. The third-order valence-electron chi connectivity index (χ3n) is 4.11. The van der Waals surface area contributed by atoms with Gasteiger partial charge >= 0.3 is 0 Å². The Morgan fingerprint density at radius 1 is 1.07 bits per heavy atom. The van der Waals surface area contributed by atoms with Crippen molar-refractivity contribution >= 4 is 43.2 Å². The molecule has 2 N–H and O–H groups in total. The summed E-state index contributed by atoms with van der Waals surface area (Å²) in [6.07, 6.45) is 0. The minimum atomic E-state index is -3.87. The van der Waals surface area contributed by atoms with Crippen molar-refractivity contribution in [3.8, 4) is 5.75 Å². The van der Waals surface area contributed by atoms with Gasteiger partial charge in [0.05, 0.1) is 23.3 Å². The largest absolute Gasteiger partial charge is 0.495 e. The molecule has 9 heteroatoms. The van der Waals surface area contributed by atoms with Gasteiger partial charge in [-0.15, -0.1) is 0 Å². The van der Waals surface area contributed by atoms with Crippen molar-refractivity contribution in [2.24, 2.45) is 0 Å². The van der Waals surface area contributed by atoms with Gasteiger partial charge in [-0.05, 0) is 62.4 Å². The quantitative estimate of drug-likeness (QED) is 0.533. The van der Waals surface area contributed by atoms with E-state index in [1.807, 2.05) is 0 Å². The van der Waals surface area contributed by atoms with Crippen LogP contribution in [0, 0.1) is 13.8 Å². The highest BCUT2D eigenvalue weighted by molar-refractivity contribution is 9.10. The summed E-state index contributed by atoms with van der Waals surface area (Å²) in [5.74, 6) is 0.987. The first-order valence-electron chi connectivity index (χ1n) is 8.54. The van der Waals surface area contributed by atoms with Crippen LogP contribution in [-0.2, 0) is 10.0 Å². The van der Waals surface area contributed by atoms with E-state index >= 15 is 0 Å². The van der Waals surface area contributed by atoms with Crippen molar-refractivity contribution in [1.29, 1.82) is 0 Å². The molecule has 0 fully saturated rings. The lowest BCUT2D eigenvalue weighted by molar-refractivity contribution is 0.102. The van der Waals surface area contributed by atoms with Crippen molar-refractivity contribution in [3.63, 3.8) is 0 Å². The zero-order chi connectivity index (χ0) is 21.2. The summed E-state index contributed by atoms with van der Waals surface area (Å²) >= 11 is 3.31. The van der Waals surface area contributed by atoms with Crippen molar-refractivity contribution in [3.05, 3.63) is 70.1 Å². The molecule has 0 aliphatic heterocycles. The van der Waals surface area contributed by atoms with Gasteiger partial charge in [-0.2, -0.15) is 0 Å². The molecule has 29 heavy (non-hydrogen) atoms. The molecule has 0 aliphatic carbocycles. The van der Waals surface area contributed by atoms with Gasteiger partial charge in [0.15, 0.2) is 0 Å². The van der Waals surface area contributed by atoms with Crippen LogP contribution in [0.5, 0.6) is 5.75 Å². The SMILES string of the molecule is COc1ccc(S(=O)(=O)Nc2ccc(Br)cc2)cc1NC(=O)c1cc(C)oc1C. The first-order chi connectivity index (χ1) is 13.7. The maximum atomic E-state index is 12.8. The Kier molecular flexibility index (Phi) is 5.99. The van der Waals surface area contributed by atoms with Crippen LogP contribution in [0.4, 0.5) is 11.4 Å². The molecule has 0 atom stereocenters. The predicted octanol–water partition coefficient (Wildman–Crippen LogP) is 4.72. The molecule has 0 spiro atoms. The molecule has 3 rings (SSSR count). The van der Waals surface area contributed by atoms with Gasteiger partial charge < -0.3 is 14.5 Å². The van der Waals surface area contributed by atoms with E-state index in [4.69, 9.17) is 9.15 Å². The first kappa shape index (κ1) is 20.9. The van der Waals surface area contributed by atoms with Crippen LogP contribution in [0.1, 0.15) is 21.9 Å². The van der Waals surface area contributed by atoms with Gasteiger partial charge in [0, 0.05) is 10.2 Å². The summed E-state index contributed by atoms with van der Waals surface area (Å²) in [7, 11) is -2.43. The number of hydrogen-bond donors (Lipinski definition) is 2. The average Bonchev–Trinajstić information content (AvgIpc) is 3.01. The lowest BCUT2D eigenvalue weighted by Crippen LogP contribution is -2.16. The van der Waals surface area contributed by atoms with E-state index in [2.05, 4.69) is 26.0 Å². The number of benzene rings is 2. The highest BCUT2D eigenvalue weighted by atomic mass is 79.9. The highest BCUT2D eigenvalue weighted by Gasteiger charge is 2.20. The standard InChI is InChI=1S/C20H19BrN2O5S/c1-12-10-17(13(2)28-12)20(24)22-18-11-16(8-9-19(18)27-3)29(25,26)23-15-6-4-14(21)5-7-15/h4-11,23H,1-3H3,(H,22,24). The monoisotopic (exact) mass is 478 g/mol. The lowest BCUT2D eigenvalue weighted by Gasteiger charge is -2.13. The van der Waals surface area contributed by atoms with E-state index in [1.165, 1.54) is 25.3 Å². The molecule has 0 unspecified atom stereocenters. The van der Waals surface area contributed by atoms with Crippen LogP contribution in [-0.4, -0.2) is 21.4 Å². The third-order valence-corrected chi connectivity index (χ3v) is 6.02. The normalized spacial score (nSPS) is 11.2. The number of halogens is 1. The van der Waals surface area contributed by atoms with Crippen molar-refractivity contribution < 1.29 is 22.4 Å². The summed E-state index contributed by atoms with van der Waals surface area (Å²) < 4.78 is 39.5. The summed E-state index contributed by atoms with van der Waals surface area (Å²) in [6.45, 7) is 3.42. The maximum Gasteiger partial charge on any atom is 0.261 e. The summed E-state index contributed by atoms with van der Waals surface area (Å²) in [6, 6.07) is 12.6. The molecule has 1 amide bonds. The van der Waals surface area contributed by atoms with Gasteiger partial charge in [0.25, 0.3) is 15.9 Å². The number of carbonyl (C=O) groups excluding carboxylic acids is 1. The van der Waals surface area contributed by atoms with E-state index in [1.54, 1.807) is 44.2 Å². The lowest BCUT2D eigenvalue weighted by atomic mass is 10.2. The fourth-order valence-electron chi connectivity index (χ4n) is 2.73. The number of furan rings is 1. The first-order valence-corrected chi connectivity index (χ1v) is 10.8. The van der Waals surface area contributed by atoms with Gasteiger partial charge in [0.1, 0.15) is 17.3 Å². The van der Waals surface area contributed by atoms with E-state index in [9.17, 15) is 13.2 Å². The minimum absolute atomic E-state index is 0.0170. The highest BCUT2D eigenvalue weighted by Crippen LogP contribution is 2.29. The molecule has 1 heterocycles. The third kappa shape index (κ3) is 4.80. The molecule has 0 saturated carbocycles. The van der Waals surface area contributed by atoms with Crippen molar-refractivity contribution in [2.75, 3.05) is 17.1 Å². The fourth-order valence-corrected chi connectivity index (χ4v) is 4.08. The second kappa shape index (κ2) is 8.30. The Bertz CT molecular complexity index is 1150. The number of sulfonamides is 1. The molecule has 0 aliphatic rings. The summed E-state index contributed by atoms with van der Waals surface area (Å²) in [5, 5.41) is 2.69. The maximum absolute atomic E-state index is 12.8. The van der Waals surface area contributed by atoms with E-state index < -0.39 is 15.9 Å². The van der Waals surface area contributed by atoms with Crippen molar-refractivity contribution in [2.45, 2.75) is 18.7 Å². The Labute approximate surface area is 177 Å². The Morgan fingerprint density at radius 2 is 1.76 bits per heavy atom. The molecular formula is C20H19BrN2O5S. The van der Waals surface area contributed by atoms with E-state index in [0.717, 1.165) is 4.47 Å². The molecule has 3 aromatic rings. The van der Waals surface area contributed by atoms with Crippen LogP contribution in [0.15, 0.2) is 62.3 Å². The van der Waals surface area contributed by atoms with Crippen LogP contribution in [0.2, 0.25) is 0 Å². The van der Waals surface area contributed by atoms with Crippen LogP contribution in [0.3, 0.4) is 0 Å². The number of amides is 1. The van der Waals surface area contributed by atoms with Crippen LogP contribution >= 0.6 is 15.9 Å². The Balaban J connectivity index is 1.90. The molecule has 2 aromatic carbocycles. The molecule has 0 radical (unpaired) electrons. The fraction of sp³-hybridized carbons (Fsp3) is 0.150. The van der Waals surface area contributed by atoms with Crippen LogP contribution in [0.25, 0.3) is 0 Å². The molecule has 7 nitrogen and oxygen atoms in total. The number of aryl methyl sites for hydroxylation is 2. The molecule has 0 saturated heterocycles. The number of rotatable bonds is 6. The van der Waals surface area contributed by atoms with Gasteiger partial charge in [-0.1, -0.05) is 15.9 Å². The zero-order valence-corrected chi connectivity index (χ0v) is 18.3. The summed E-state index contributed by atoms with van der Waals surface area (Å²) in [4.78, 5) is 12.6. The van der Waals surface area contributed by atoms with E-state index in [0.29, 0.717) is 28.5 Å². The molecule has 152 valence electrons. The van der Waals surface area contributed by atoms with Crippen molar-refractivity contribution in [1.82, 2.24) is 0 Å². The number of anilines is 2.